The van der Waals surface area contributed by atoms with Crippen LogP contribution in [0.5, 0.6) is 0 Å². The highest BCUT2D eigenvalue weighted by molar-refractivity contribution is 5.82. The van der Waals surface area contributed by atoms with Crippen molar-refractivity contribution in [2.24, 2.45) is 11.1 Å². The van der Waals surface area contributed by atoms with Gasteiger partial charge in [-0.25, -0.2) is 0 Å². The van der Waals surface area contributed by atoms with Gasteiger partial charge in [-0.15, -0.1) is 0 Å². The quantitative estimate of drug-likeness (QED) is 0.871. The molecule has 0 saturated carbocycles. The molecule has 0 aliphatic heterocycles. The van der Waals surface area contributed by atoms with E-state index in [0.717, 1.165) is 12.1 Å². The summed E-state index contributed by atoms with van der Waals surface area (Å²) in [4.78, 5) is 16.6. The molecule has 0 aliphatic carbocycles. The van der Waals surface area contributed by atoms with Crippen molar-refractivity contribution in [2.75, 3.05) is 27.2 Å². The third-order valence-corrected chi connectivity index (χ3v) is 3.54. The molecular formula is C17H29N3O. The van der Waals surface area contributed by atoms with Crippen molar-refractivity contribution < 1.29 is 4.79 Å². The summed E-state index contributed by atoms with van der Waals surface area (Å²) in [6.45, 7) is 8.13. The van der Waals surface area contributed by atoms with Crippen LogP contribution in [0, 0.1) is 5.41 Å². The van der Waals surface area contributed by atoms with E-state index in [9.17, 15) is 4.79 Å². The van der Waals surface area contributed by atoms with Gasteiger partial charge in [0.25, 0.3) is 0 Å². The number of rotatable bonds is 6. The molecule has 0 aromatic heterocycles. The molecule has 0 fully saturated rings. The first kappa shape index (κ1) is 17.7. The SMILES string of the molecule is CN(C)CCN(Cc1ccccc1)C(=O)C(N)C(C)(C)C. The van der Waals surface area contributed by atoms with Gasteiger partial charge in [-0.2, -0.15) is 0 Å². The highest BCUT2D eigenvalue weighted by Crippen LogP contribution is 2.20. The van der Waals surface area contributed by atoms with Gasteiger partial charge in [0.2, 0.25) is 5.91 Å². The second-order valence-corrected chi connectivity index (χ2v) is 6.89. The van der Waals surface area contributed by atoms with Crippen LogP contribution in [0.1, 0.15) is 26.3 Å². The van der Waals surface area contributed by atoms with Gasteiger partial charge in [0.05, 0.1) is 6.04 Å². The van der Waals surface area contributed by atoms with Crippen LogP contribution in [0.15, 0.2) is 30.3 Å². The van der Waals surface area contributed by atoms with Gasteiger partial charge in [-0.3, -0.25) is 4.79 Å². The van der Waals surface area contributed by atoms with Crippen LogP contribution in [-0.2, 0) is 11.3 Å². The first-order chi connectivity index (χ1) is 9.71. The van der Waals surface area contributed by atoms with E-state index in [1.165, 1.54) is 0 Å². The maximum Gasteiger partial charge on any atom is 0.240 e. The zero-order chi connectivity index (χ0) is 16.0. The summed E-state index contributed by atoms with van der Waals surface area (Å²) in [7, 11) is 4.02. The summed E-state index contributed by atoms with van der Waals surface area (Å²) >= 11 is 0. The smallest absolute Gasteiger partial charge is 0.240 e. The van der Waals surface area contributed by atoms with Gasteiger partial charge in [0.1, 0.15) is 0 Å². The van der Waals surface area contributed by atoms with E-state index in [-0.39, 0.29) is 11.3 Å². The van der Waals surface area contributed by atoms with E-state index in [1.54, 1.807) is 0 Å². The van der Waals surface area contributed by atoms with Gasteiger partial charge in [-0.1, -0.05) is 51.1 Å². The van der Waals surface area contributed by atoms with E-state index in [1.807, 2.05) is 70.1 Å². The molecule has 0 heterocycles. The maximum atomic E-state index is 12.7. The lowest BCUT2D eigenvalue weighted by molar-refractivity contribution is -0.135. The lowest BCUT2D eigenvalue weighted by Gasteiger charge is -2.32. The first-order valence-electron chi connectivity index (χ1n) is 7.45. The normalized spacial score (nSPS) is 13.3. The van der Waals surface area contributed by atoms with Crippen LogP contribution >= 0.6 is 0 Å². The van der Waals surface area contributed by atoms with Crippen LogP contribution in [0.4, 0.5) is 0 Å². The maximum absolute atomic E-state index is 12.7. The Kier molecular flexibility index (Phi) is 6.37. The molecule has 4 nitrogen and oxygen atoms in total. The number of carbonyl (C=O) groups is 1. The average Bonchev–Trinajstić information content (AvgIpc) is 2.41. The van der Waals surface area contributed by atoms with Crippen LogP contribution in [0.25, 0.3) is 0 Å². The first-order valence-corrected chi connectivity index (χ1v) is 7.45. The lowest BCUT2D eigenvalue weighted by atomic mass is 9.86. The second kappa shape index (κ2) is 7.57. The van der Waals surface area contributed by atoms with Gasteiger partial charge in [-0.05, 0) is 25.1 Å². The minimum atomic E-state index is -0.483. The van der Waals surface area contributed by atoms with Crippen molar-refractivity contribution in [1.82, 2.24) is 9.80 Å². The Bertz CT molecular complexity index is 437. The number of likely N-dealkylation sites (N-methyl/N-ethyl adjacent to an activating group) is 1. The summed E-state index contributed by atoms with van der Waals surface area (Å²) in [5, 5.41) is 0. The molecule has 0 radical (unpaired) electrons. The van der Waals surface area contributed by atoms with Gasteiger partial charge in [0, 0.05) is 19.6 Å². The minimum Gasteiger partial charge on any atom is -0.336 e. The molecule has 0 bridgehead atoms. The van der Waals surface area contributed by atoms with Crippen molar-refractivity contribution in [3.8, 4) is 0 Å². The fourth-order valence-corrected chi connectivity index (χ4v) is 1.96. The molecule has 1 atom stereocenters. The predicted octanol–water partition coefficient (Wildman–Crippen LogP) is 1.95. The molecule has 0 spiro atoms. The molecular weight excluding hydrogens is 262 g/mol. The zero-order valence-corrected chi connectivity index (χ0v) is 14.0. The van der Waals surface area contributed by atoms with Crippen molar-refractivity contribution >= 4 is 5.91 Å². The largest absolute Gasteiger partial charge is 0.336 e. The number of amides is 1. The fourth-order valence-electron chi connectivity index (χ4n) is 1.96. The van der Waals surface area contributed by atoms with Crippen molar-refractivity contribution in [3.63, 3.8) is 0 Å². The summed E-state index contributed by atoms with van der Waals surface area (Å²) in [6.07, 6.45) is 0. The Labute approximate surface area is 128 Å². The van der Waals surface area contributed by atoms with Crippen LogP contribution in [-0.4, -0.2) is 48.9 Å². The lowest BCUT2D eigenvalue weighted by Crippen LogP contribution is -2.51. The van der Waals surface area contributed by atoms with E-state index < -0.39 is 6.04 Å². The van der Waals surface area contributed by atoms with Gasteiger partial charge < -0.3 is 15.5 Å². The summed E-state index contributed by atoms with van der Waals surface area (Å²) < 4.78 is 0. The number of carbonyl (C=O) groups excluding carboxylic acids is 1. The van der Waals surface area contributed by atoms with Crippen LogP contribution in [0.3, 0.4) is 0 Å². The highest BCUT2D eigenvalue weighted by Gasteiger charge is 2.31. The van der Waals surface area contributed by atoms with Crippen molar-refractivity contribution in [1.29, 1.82) is 0 Å². The average molecular weight is 291 g/mol. The van der Waals surface area contributed by atoms with Gasteiger partial charge >= 0.3 is 0 Å². The third kappa shape index (κ3) is 5.86. The Morgan fingerprint density at radius 3 is 2.19 bits per heavy atom. The molecule has 2 N–H and O–H groups in total. The number of benzene rings is 1. The molecule has 4 heteroatoms. The summed E-state index contributed by atoms with van der Waals surface area (Å²) in [6, 6.07) is 9.57. The number of nitrogens with zero attached hydrogens (tertiary/aromatic N) is 2. The Morgan fingerprint density at radius 2 is 1.71 bits per heavy atom. The molecule has 1 amide bonds. The zero-order valence-electron chi connectivity index (χ0n) is 14.0. The molecule has 1 aromatic rings. The van der Waals surface area contributed by atoms with Crippen LogP contribution in [0.2, 0.25) is 0 Å². The molecule has 21 heavy (non-hydrogen) atoms. The molecule has 1 aromatic carbocycles. The fraction of sp³-hybridized carbons (Fsp3) is 0.588. The minimum absolute atomic E-state index is 0.0215. The van der Waals surface area contributed by atoms with E-state index in [2.05, 4.69) is 4.90 Å². The highest BCUT2D eigenvalue weighted by atomic mass is 16.2. The van der Waals surface area contributed by atoms with Gasteiger partial charge in [0.15, 0.2) is 0 Å². The predicted molar refractivity (Wildman–Crippen MR) is 87.8 cm³/mol. The molecule has 1 rings (SSSR count). The summed E-state index contributed by atoms with van der Waals surface area (Å²) in [5.41, 5.74) is 7.05. The standard InChI is InChI=1S/C17H29N3O/c1-17(2,3)15(18)16(21)20(12-11-19(4)5)13-14-9-7-6-8-10-14/h6-10,15H,11-13,18H2,1-5H3. The molecule has 118 valence electrons. The van der Waals surface area contributed by atoms with E-state index in [0.29, 0.717) is 13.1 Å². The Balaban J connectivity index is 2.83. The molecule has 0 saturated heterocycles. The third-order valence-electron chi connectivity index (χ3n) is 3.54. The Morgan fingerprint density at radius 1 is 1.14 bits per heavy atom. The number of hydrogen-bond acceptors (Lipinski definition) is 3. The monoisotopic (exact) mass is 291 g/mol. The van der Waals surface area contributed by atoms with Crippen molar-refractivity contribution in [3.05, 3.63) is 35.9 Å². The van der Waals surface area contributed by atoms with E-state index >= 15 is 0 Å². The topological polar surface area (TPSA) is 49.6 Å². The second-order valence-electron chi connectivity index (χ2n) is 6.89. The van der Waals surface area contributed by atoms with E-state index in [4.69, 9.17) is 5.73 Å². The number of hydrogen-bond donors (Lipinski definition) is 1. The Hall–Kier alpha value is -1.39. The molecule has 0 aliphatic rings. The van der Waals surface area contributed by atoms with Crippen molar-refractivity contribution in [2.45, 2.75) is 33.4 Å². The van der Waals surface area contributed by atoms with Crippen LogP contribution < -0.4 is 5.73 Å². The number of nitrogens with two attached hydrogens (primary N) is 1. The summed E-state index contributed by atoms with van der Waals surface area (Å²) in [5.74, 6) is 0.0215. The molecule has 1 unspecified atom stereocenters.